The van der Waals surface area contributed by atoms with E-state index in [9.17, 15) is 14.4 Å². The minimum Gasteiger partial charge on any atom is -0.378 e. The molecule has 0 aliphatic carbocycles. The first-order valence-corrected chi connectivity index (χ1v) is 18.4. The van der Waals surface area contributed by atoms with Gasteiger partial charge in [-0.25, -0.2) is 4.98 Å². The number of nitrogens with one attached hydrogen (secondary N) is 1. The van der Waals surface area contributed by atoms with E-state index in [1.165, 1.54) is 11.3 Å². The highest BCUT2D eigenvalue weighted by molar-refractivity contribution is 7.15. The molecule has 4 aromatic rings. The molecule has 6 rings (SSSR count). The summed E-state index contributed by atoms with van der Waals surface area (Å²) >= 11 is 1.46. The van der Waals surface area contributed by atoms with Crippen LogP contribution in [0.2, 0.25) is 0 Å². The van der Waals surface area contributed by atoms with Gasteiger partial charge in [-0.2, -0.15) is 0 Å². The number of hydrogen-bond acceptors (Lipinski definition) is 7. The topological polar surface area (TPSA) is 96.8 Å². The monoisotopic (exact) mass is 681 g/mol. The Bertz CT molecular complexity index is 1860. The van der Waals surface area contributed by atoms with Crippen molar-refractivity contribution >= 4 is 23.2 Å². The second-order valence-electron chi connectivity index (χ2n) is 13.2. The normalized spacial score (nSPS) is 15.2. The number of ether oxygens (including phenoxy) is 1. The lowest BCUT2D eigenvalue weighted by Crippen LogP contribution is -2.47. The summed E-state index contributed by atoms with van der Waals surface area (Å²) in [6.45, 7) is 15.5. The predicted octanol–water partition coefficient (Wildman–Crippen LogP) is 5.78. The highest BCUT2D eigenvalue weighted by Gasteiger charge is 2.29. The summed E-state index contributed by atoms with van der Waals surface area (Å²) in [7, 11) is 0. The lowest BCUT2D eigenvalue weighted by atomic mass is 9.97. The molecular weight excluding hydrogens is 635 g/mol. The van der Waals surface area contributed by atoms with Gasteiger partial charge in [0.05, 0.1) is 35.7 Å². The van der Waals surface area contributed by atoms with Crippen LogP contribution in [0, 0.1) is 12.8 Å². The lowest BCUT2D eigenvalue weighted by Gasteiger charge is -2.30. The van der Waals surface area contributed by atoms with E-state index in [0.29, 0.717) is 67.5 Å². The average Bonchev–Trinajstić information content (AvgIpc) is 3.52. The summed E-state index contributed by atoms with van der Waals surface area (Å²) in [5.41, 5.74) is 6.90. The molecule has 4 heterocycles. The van der Waals surface area contributed by atoms with Gasteiger partial charge in [-0.1, -0.05) is 58.0 Å². The van der Waals surface area contributed by atoms with Crippen molar-refractivity contribution < 1.29 is 14.3 Å². The van der Waals surface area contributed by atoms with Crippen molar-refractivity contribution in [2.24, 2.45) is 5.92 Å². The molecule has 2 fully saturated rings. The van der Waals surface area contributed by atoms with Crippen LogP contribution < -0.4 is 10.9 Å². The van der Waals surface area contributed by atoms with Gasteiger partial charge in [0.2, 0.25) is 0 Å². The smallest absolute Gasteiger partial charge is 0.265 e. The predicted molar refractivity (Wildman–Crippen MR) is 196 cm³/mol. The fourth-order valence-electron chi connectivity index (χ4n) is 6.86. The van der Waals surface area contributed by atoms with Crippen LogP contribution in [0.5, 0.6) is 0 Å². The van der Waals surface area contributed by atoms with Gasteiger partial charge < -0.3 is 19.9 Å². The Labute approximate surface area is 292 Å². The number of thiazole rings is 1. The number of aryl methyl sites for hydroxylation is 3. The third-order valence-electron chi connectivity index (χ3n) is 9.46. The number of hydrogen-bond donors (Lipinski definition) is 1. The van der Waals surface area contributed by atoms with E-state index < -0.39 is 0 Å². The van der Waals surface area contributed by atoms with Crippen LogP contribution >= 0.6 is 11.3 Å². The second kappa shape index (κ2) is 15.2. The number of pyridine rings is 1. The molecule has 2 saturated heterocycles. The highest BCUT2D eigenvalue weighted by Crippen LogP contribution is 2.35. The van der Waals surface area contributed by atoms with Gasteiger partial charge in [0, 0.05) is 61.0 Å². The first-order chi connectivity index (χ1) is 23.7. The van der Waals surface area contributed by atoms with Gasteiger partial charge >= 0.3 is 0 Å². The molecule has 49 heavy (non-hydrogen) atoms. The van der Waals surface area contributed by atoms with Crippen LogP contribution in [-0.2, 0) is 24.0 Å². The summed E-state index contributed by atoms with van der Waals surface area (Å²) in [5, 5.41) is 3.93. The maximum Gasteiger partial charge on any atom is 0.265 e. The minimum absolute atomic E-state index is 0.00642. The molecule has 2 amide bonds. The molecule has 1 N–H and O–H groups in total. The number of aromatic nitrogens is 2. The number of morpholine rings is 1. The number of nitrogens with zero attached hydrogens (tertiary/aromatic N) is 4. The lowest BCUT2D eigenvalue weighted by molar-refractivity contribution is 0.0303. The van der Waals surface area contributed by atoms with Gasteiger partial charge in [0.15, 0.2) is 0 Å². The molecule has 0 radical (unpaired) electrons. The van der Waals surface area contributed by atoms with E-state index in [1.807, 2.05) is 51.6 Å². The third-order valence-corrected chi connectivity index (χ3v) is 10.5. The third kappa shape index (κ3) is 7.13. The summed E-state index contributed by atoms with van der Waals surface area (Å²) in [4.78, 5) is 52.1. The number of carbonyl (C=O) groups excluding carboxylic acids is 2. The Morgan fingerprint density at radius 1 is 0.918 bits per heavy atom. The summed E-state index contributed by atoms with van der Waals surface area (Å²) in [6, 6.07) is 15.6. The zero-order valence-corrected chi connectivity index (χ0v) is 30.1. The molecule has 0 spiro atoms. The molecule has 0 unspecified atom stereocenters. The fraction of sp³-hybridized carbons (Fsp3) is 0.436. The van der Waals surface area contributed by atoms with E-state index in [2.05, 4.69) is 51.2 Å². The Hall–Kier alpha value is -4.12. The number of benzene rings is 2. The molecular formula is C39H47N5O4S. The van der Waals surface area contributed by atoms with E-state index in [4.69, 9.17) is 9.72 Å². The van der Waals surface area contributed by atoms with E-state index in [1.54, 1.807) is 0 Å². The van der Waals surface area contributed by atoms with Crippen LogP contribution in [0.3, 0.4) is 0 Å². The Morgan fingerprint density at radius 2 is 1.55 bits per heavy atom. The number of amides is 2. The maximum absolute atomic E-state index is 14.9. The zero-order chi connectivity index (χ0) is 34.7. The first-order valence-electron chi connectivity index (χ1n) is 17.6. The molecule has 0 saturated carbocycles. The molecule has 0 bridgehead atoms. The Morgan fingerprint density at radius 3 is 2.16 bits per heavy atom. The van der Waals surface area contributed by atoms with Crippen molar-refractivity contribution in [3.63, 3.8) is 0 Å². The number of rotatable bonds is 9. The van der Waals surface area contributed by atoms with Crippen LogP contribution in [0.15, 0.2) is 53.3 Å². The SMILES string of the molecule is CCc1cccc(CC)c1-n1c(CC(C)C)c(C(=O)N2CCNCC2)cc(-c2nc(-c3ccc(C(=O)N4CCOCC4)cc3)c(C)s2)c1=O. The molecule has 258 valence electrons. The summed E-state index contributed by atoms with van der Waals surface area (Å²) in [5.74, 6) is 0.165. The molecule has 2 aliphatic heterocycles. The van der Waals surface area contributed by atoms with Gasteiger partial charge in [0.1, 0.15) is 5.01 Å². The van der Waals surface area contributed by atoms with Crippen molar-refractivity contribution in [3.05, 3.63) is 91.7 Å². The Balaban J connectivity index is 1.50. The molecule has 0 atom stereocenters. The fourth-order valence-corrected chi connectivity index (χ4v) is 7.80. The minimum atomic E-state index is -0.158. The van der Waals surface area contributed by atoms with Crippen molar-refractivity contribution in [2.75, 3.05) is 52.5 Å². The van der Waals surface area contributed by atoms with Crippen LogP contribution in [0.4, 0.5) is 0 Å². The van der Waals surface area contributed by atoms with E-state index >= 15 is 0 Å². The highest BCUT2D eigenvalue weighted by atomic mass is 32.1. The summed E-state index contributed by atoms with van der Waals surface area (Å²) in [6.07, 6.45) is 2.10. The van der Waals surface area contributed by atoms with Gasteiger partial charge in [0.25, 0.3) is 17.4 Å². The van der Waals surface area contributed by atoms with Gasteiger partial charge in [-0.3, -0.25) is 19.0 Å². The van der Waals surface area contributed by atoms with Crippen molar-refractivity contribution in [1.29, 1.82) is 0 Å². The second-order valence-corrected chi connectivity index (χ2v) is 14.4. The molecule has 2 aromatic carbocycles. The van der Waals surface area contributed by atoms with Crippen LogP contribution in [0.25, 0.3) is 27.5 Å². The molecule has 2 aliphatic rings. The van der Waals surface area contributed by atoms with E-state index in [-0.39, 0.29) is 23.3 Å². The molecule has 9 nitrogen and oxygen atoms in total. The zero-order valence-electron chi connectivity index (χ0n) is 29.3. The van der Waals surface area contributed by atoms with Crippen molar-refractivity contribution in [2.45, 2.75) is 53.9 Å². The molecule has 2 aromatic heterocycles. The number of piperazine rings is 1. The maximum atomic E-state index is 14.9. The number of para-hydroxylation sites is 1. The summed E-state index contributed by atoms with van der Waals surface area (Å²) < 4.78 is 7.26. The van der Waals surface area contributed by atoms with Crippen molar-refractivity contribution in [1.82, 2.24) is 24.7 Å². The average molecular weight is 682 g/mol. The van der Waals surface area contributed by atoms with Crippen LogP contribution in [-0.4, -0.2) is 83.6 Å². The van der Waals surface area contributed by atoms with E-state index in [0.717, 1.165) is 64.6 Å². The quantitative estimate of drug-likeness (QED) is 0.241. The largest absolute Gasteiger partial charge is 0.378 e. The Kier molecular flexibility index (Phi) is 10.8. The number of carbonyl (C=O) groups is 2. The standard InChI is InChI=1S/C39H47N5O4S/c1-6-27-9-8-10-28(7-2)35(27)44-33(23-25(3)4)31(38(46)42-17-15-40-16-18-42)24-32(39(44)47)36-41-34(26(5)49-36)29-11-13-30(14-12-29)37(45)43-19-21-48-22-20-43/h8-14,24-25,40H,6-7,15-23H2,1-5H3. The van der Waals surface area contributed by atoms with Crippen LogP contribution in [0.1, 0.15) is 70.1 Å². The first kappa shape index (κ1) is 34.7. The molecule has 10 heteroatoms. The van der Waals surface area contributed by atoms with Gasteiger partial charge in [-0.05, 0) is 61.4 Å². The van der Waals surface area contributed by atoms with Crippen molar-refractivity contribution in [3.8, 4) is 27.5 Å². The van der Waals surface area contributed by atoms with Gasteiger partial charge in [-0.15, -0.1) is 11.3 Å².